The summed E-state index contributed by atoms with van der Waals surface area (Å²) in [5.41, 5.74) is 11.5. The normalized spacial score (nSPS) is 33.9. The Morgan fingerprint density at radius 1 is 0.395 bits per heavy atom. The summed E-state index contributed by atoms with van der Waals surface area (Å²) in [4.78, 5) is 61.9. The molecule has 0 heterocycles. The molecule has 0 spiro atoms. The lowest BCUT2D eigenvalue weighted by Crippen LogP contribution is -2.56. The van der Waals surface area contributed by atoms with Gasteiger partial charge in [-0.15, -0.1) is 0 Å². The number of carbonyl (C=O) groups is 5. The molecule has 2 atom stereocenters. The minimum atomic E-state index is -0.330. The fourth-order valence-corrected chi connectivity index (χ4v) is 29.7. The average Bonchev–Trinajstić information content (AvgIpc) is 0.699. The number of ether oxygens (including phenoxy) is 7. The van der Waals surface area contributed by atoms with Crippen molar-refractivity contribution in [3.05, 3.63) is 190 Å². The van der Waals surface area contributed by atoms with Crippen molar-refractivity contribution in [3.8, 4) is 33.8 Å². The van der Waals surface area contributed by atoms with Crippen LogP contribution in [0.15, 0.2) is 168 Å². The van der Waals surface area contributed by atoms with Crippen LogP contribution in [0.25, 0.3) is 22.3 Å². The molecule has 17 nitrogen and oxygen atoms in total. The third kappa shape index (κ3) is 20.4. The van der Waals surface area contributed by atoms with E-state index in [-0.39, 0.29) is 59.3 Å². The minimum absolute atomic E-state index is 0.112. The Kier molecular flexibility index (Phi) is 25.1. The van der Waals surface area contributed by atoms with Gasteiger partial charge in [0.05, 0.1) is 20.8 Å². The van der Waals surface area contributed by atoms with Gasteiger partial charge in [-0.1, -0.05) is 114 Å². The Labute approximate surface area is 746 Å². The van der Waals surface area contributed by atoms with Crippen LogP contribution in [0.2, 0.25) is 5.02 Å². The SMILES string of the molecule is CC12CC3CC(C)(C1)CC(COC(=O)Nc1ccc(Br)cc1)(C3)C2.COc1cc(CNC(=O)OC23CC4CC(CC(C4)C2)C3)cc(OC)c1.Cc1ccc(Cl)cc1-c1ccc(NC(=O)OC2C3CC4CC(C3)CC2C4)cc1.Cc1cccc(NC(=O)OC2C3CC4CC(C3)CC2C4)c1.O=C(Nc1cccc(-c2ccccc2)c1)OC12CC3CC(CC(C3)C1)C2. The second-order valence-corrected chi connectivity index (χ2v) is 43.6. The number of amides is 5. The second kappa shape index (κ2) is 36.2. The summed E-state index contributed by atoms with van der Waals surface area (Å²) in [6, 6.07) is 53.0. The summed E-state index contributed by atoms with van der Waals surface area (Å²) in [5, 5.41) is 15.2. The number of benzene rings is 7. The highest BCUT2D eigenvalue weighted by atomic mass is 79.9. The summed E-state index contributed by atoms with van der Waals surface area (Å²) < 4.78 is 41.0. The van der Waals surface area contributed by atoms with E-state index in [1.54, 1.807) is 14.2 Å². The number of carbonyl (C=O) groups excluding carboxylic acids is 5. The predicted octanol–water partition coefficient (Wildman–Crippen LogP) is 26.8. The number of rotatable bonds is 16. The molecule has 20 aliphatic carbocycles. The number of hydrogen-bond acceptors (Lipinski definition) is 12. The number of methoxy groups -OCH3 is 2. The fraction of sp³-hybridized carbons (Fsp3) is 0.552. The molecule has 5 N–H and O–H groups in total. The highest BCUT2D eigenvalue weighted by molar-refractivity contribution is 9.10. The monoisotopic (exact) mass is 1760 g/mol. The van der Waals surface area contributed by atoms with Crippen molar-refractivity contribution in [2.24, 2.45) is 105 Å². The van der Waals surface area contributed by atoms with Crippen LogP contribution in [0, 0.1) is 119 Å². The lowest BCUT2D eigenvalue weighted by molar-refractivity contribution is -0.159. The first-order chi connectivity index (χ1) is 59.7. The van der Waals surface area contributed by atoms with Gasteiger partial charge in [-0.05, 0) is 417 Å². The molecule has 19 heteroatoms. The van der Waals surface area contributed by atoms with E-state index in [1.165, 1.54) is 147 Å². The summed E-state index contributed by atoms with van der Waals surface area (Å²) >= 11 is 9.54. The van der Waals surface area contributed by atoms with Crippen LogP contribution in [-0.2, 0) is 30.2 Å². The molecule has 0 aromatic heterocycles. The van der Waals surface area contributed by atoms with E-state index in [9.17, 15) is 24.0 Å². The largest absolute Gasteiger partial charge is 0.497 e. The van der Waals surface area contributed by atoms with Gasteiger partial charge < -0.3 is 38.5 Å². The van der Waals surface area contributed by atoms with Gasteiger partial charge in [0, 0.05) is 50.3 Å². The smallest absolute Gasteiger partial charge is 0.412 e. The van der Waals surface area contributed by atoms with Crippen molar-refractivity contribution in [2.75, 3.05) is 42.1 Å². The molecular weight excluding hydrogens is 1640 g/mol. The topological polar surface area (TPSA) is 210 Å². The summed E-state index contributed by atoms with van der Waals surface area (Å²) in [7, 11) is 3.24. The maximum absolute atomic E-state index is 12.6. The standard InChI is InChI=1S/C24H26ClNO2.C23H25NO2.C20H26BrNO2.C20H27NO4.C18H23NO2/c1-14-2-5-20(25)13-22(14)17-3-6-21(7-4-17)26-24(27)28-23-18-9-15-8-16(11-18)12-19(23)10-15;25-22(26-23-13-16-9-17(14-23)11-18(10-16)15-23)24-21-8-4-7-20(12-21)19-5-2-1-3-6-19;1-18-7-14-8-19(2,10-18)12-20(9-14,11-18)13-24-17(23)22-16-5-3-15(21)4-6-16;1-23-17-6-16(7-18(8-17)24-2)12-21-19(22)25-20-9-13-3-14(10-20)5-15(4-13)11-20;1-11-3-2-4-16(5-11)19-18(20)21-17-14-7-12-6-13(9-14)10-15(17)8-12/h2-7,13,15-16,18-19,23H,8-12H2,1H3,(H,26,27);1-8,12,16-18H,9-11,13-15H2,(H,24,25);3-6,14H,7-13H2,1-2H3,(H,22,23);6-8,13-15H,3-5,9-12H2,1-2H3,(H,21,22);2-5,12-15,17H,6-10H2,1H3,(H,19,20). The first-order valence-electron chi connectivity index (χ1n) is 46.7. The van der Waals surface area contributed by atoms with E-state index in [4.69, 9.17) is 44.8 Å². The molecule has 20 aliphatic rings. The van der Waals surface area contributed by atoms with Crippen molar-refractivity contribution in [3.63, 3.8) is 0 Å². The van der Waals surface area contributed by atoms with Crippen molar-refractivity contribution in [1.29, 1.82) is 0 Å². The molecule has 20 fully saturated rings. The molecule has 20 saturated carbocycles. The van der Waals surface area contributed by atoms with Gasteiger partial charge in [-0.25, -0.2) is 24.0 Å². The molecule has 0 radical (unpaired) electrons. The third-order valence-corrected chi connectivity index (χ3v) is 32.4. The van der Waals surface area contributed by atoms with Gasteiger partial charge in [-0.2, -0.15) is 0 Å². The van der Waals surface area contributed by atoms with Crippen LogP contribution in [0.4, 0.5) is 46.7 Å². The Hall–Kier alpha value is -8.74. The Morgan fingerprint density at radius 3 is 1.33 bits per heavy atom. The van der Waals surface area contributed by atoms with Crippen LogP contribution in [0.5, 0.6) is 11.5 Å². The molecule has 27 rings (SSSR count). The van der Waals surface area contributed by atoms with E-state index < -0.39 is 0 Å². The average molecular weight is 1770 g/mol. The van der Waals surface area contributed by atoms with E-state index in [2.05, 4.69) is 81.5 Å². The van der Waals surface area contributed by atoms with Crippen LogP contribution < -0.4 is 36.1 Å². The van der Waals surface area contributed by atoms with E-state index >= 15 is 0 Å². The highest BCUT2D eigenvalue weighted by Crippen LogP contribution is 2.70. The minimum Gasteiger partial charge on any atom is -0.497 e. The zero-order chi connectivity index (χ0) is 85.7. The molecule has 658 valence electrons. The van der Waals surface area contributed by atoms with Crippen LogP contribution in [0.3, 0.4) is 0 Å². The first kappa shape index (κ1) is 86.0. The summed E-state index contributed by atoms with van der Waals surface area (Å²) in [6.45, 7) is 9.96. The zero-order valence-corrected chi connectivity index (χ0v) is 75.6. The quantitative estimate of drug-likeness (QED) is 0.0572. The maximum atomic E-state index is 12.6. The number of nitrogens with one attached hydrogen (secondary N) is 5. The summed E-state index contributed by atoms with van der Waals surface area (Å²) in [5.74, 6) is 12.8. The van der Waals surface area contributed by atoms with Crippen molar-refractivity contribution in [1.82, 2.24) is 5.32 Å². The van der Waals surface area contributed by atoms with Gasteiger partial charge in [-0.3, -0.25) is 21.3 Å². The predicted molar refractivity (Wildman–Crippen MR) is 490 cm³/mol. The molecule has 5 amide bonds. The number of anilines is 4. The third-order valence-electron chi connectivity index (χ3n) is 31.7. The molecule has 0 aliphatic heterocycles. The van der Waals surface area contributed by atoms with Gasteiger partial charge in [0.1, 0.15) is 34.9 Å². The first-order valence-corrected chi connectivity index (χ1v) is 47.8. The van der Waals surface area contributed by atoms with Crippen LogP contribution in [-0.4, -0.2) is 74.7 Å². The molecule has 7 aromatic rings. The molecule has 7 aromatic carbocycles. The number of hydrogen-bond donors (Lipinski definition) is 5. The van der Waals surface area contributed by atoms with Crippen LogP contribution in [0.1, 0.15) is 210 Å². The van der Waals surface area contributed by atoms with Crippen molar-refractivity contribution < 1.29 is 57.1 Å². The van der Waals surface area contributed by atoms with Gasteiger partial charge in [0.15, 0.2) is 0 Å². The van der Waals surface area contributed by atoms with Crippen LogP contribution >= 0.6 is 27.5 Å². The molecule has 124 heavy (non-hydrogen) atoms. The van der Waals surface area contributed by atoms with Gasteiger partial charge in [0.2, 0.25) is 0 Å². The van der Waals surface area contributed by atoms with E-state index in [1.807, 2.05) is 153 Å². The Balaban J connectivity index is 0.000000106. The lowest BCUT2D eigenvalue weighted by Gasteiger charge is -2.65. The molecule has 20 bridgehead atoms. The second-order valence-electron chi connectivity index (χ2n) is 42.2. The zero-order valence-electron chi connectivity index (χ0n) is 73.3. The Morgan fingerprint density at radius 2 is 0.839 bits per heavy atom. The fourth-order valence-electron chi connectivity index (χ4n) is 29.2. The van der Waals surface area contributed by atoms with Gasteiger partial charge >= 0.3 is 30.5 Å². The number of alkyl carbamates (subject to hydrolysis) is 1. The lowest BCUT2D eigenvalue weighted by atomic mass is 9.40. The van der Waals surface area contributed by atoms with E-state index in [0.29, 0.717) is 59.2 Å². The number of aryl methyl sites for hydroxylation is 2. The highest BCUT2D eigenvalue weighted by Gasteiger charge is 2.61. The van der Waals surface area contributed by atoms with Gasteiger partial charge in [0.25, 0.3) is 0 Å². The summed E-state index contributed by atoms with van der Waals surface area (Å²) in [6.07, 6.45) is 33.9. The molecular formula is C105H127BrClN5O12. The molecule has 0 saturated heterocycles. The van der Waals surface area contributed by atoms with E-state index in [0.717, 1.165) is 169 Å². The maximum Gasteiger partial charge on any atom is 0.412 e. The van der Waals surface area contributed by atoms with Crippen molar-refractivity contribution in [2.45, 2.75) is 237 Å². The number of halogens is 2. The Bertz CT molecular complexity index is 4830. The van der Waals surface area contributed by atoms with Crippen molar-refractivity contribution >= 4 is 80.7 Å². The molecule has 2 unspecified atom stereocenters.